The highest BCUT2D eigenvalue weighted by atomic mass is 32.1. The normalized spacial score (nSPS) is 12.4. The van der Waals surface area contributed by atoms with E-state index in [-0.39, 0.29) is 5.71 Å². The maximum Gasteiger partial charge on any atom is 0.361 e. The second-order valence-corrected chi connectivity index (χ2v) is 5.06. The average Bonchev–Trinajstić information content (AvgIpc) is 2.69. The standard InChI is InChI=1S/C11H15NO3S/c1-11(2,3)15-12-9(10(13)14-4)8-6-5-7-16-8/h5-7H,1-4H3/b12-9-. The Morgan fingerprint density at radius 2 is 2.12 bits per heavy atom. The third-order valence-electron chi connectivity index (χ3n) is 1.54. The van der Waals surface area contributed by atoms with Crippen molar-refractivity contribution >= 4 is 23.0 Å². The van der Waals surface area contributed by atoms with E-state index in [1.807, 2.05) is 32.2 Å². The fraction of sp³-hybridized carbons (Fsp3) is 0.455. The number of oxime groups is 1. The lowest BCUT2D eigenvalue weighted by Crippen LogP contribution is -2.21. The molecule has 0 spiro atoms. The van der Waals surface area contributed by atoms with Gasteiger partial charge in [0.05, 0.1) is 12.0 Å². The Kier molecular flexibility index (Phi) is 4.06. The van der Waals surface area contributed by atoms with Crippen LogP contribution in [0.15, 0.2) is 22.7 Å². The van der Waals surface area contributed by atoms with Crippen LogP contribution in [-0.2, 0) is 14.4 Å². The Balaban J connectivity index is 2.93. The van der Waals surface area contributed by atoms with Crippen LogP contribution in [0.1, 0.15) is 25.6 Å². The number of carbonyl (C=O) groups is 1. The van der Waals surface area contributed by atoms with Gasteiger partial charge in [-0.25, -0.2) is 4.79 Å². The largest absolute Gasteiger partial charge is 0.464 e. The molecule has 1 aromatic heterocycles. The summed E-state index contributed by atoms with van der Waals surface area (Å²) in [5.41, 5.74) is -0.233. The smallest absolute Gasteiger partial charge is 0.361 e. The Bertz CT molecular complexity index is 376. The summed E-state index contributed by atoms with van der Waals surface area (Å²) in [7, 11) is 1.32. The van der Waals surface area contributed by atoms with Crippen LogP contribution in [0.3, 0.4) is 0 Å². The van der Waals surface area contributed by atoms with E-state index in [1.165, 1.54) is 18.4 Å². The van der Waals surface area contributed by atoms with Gasteiger partial charge in [-0.3, -0.25) is 0 Å². The number of hydrogen-bond acceptors (Lipinski definition) is 5. The second kappa shape index (κ2) is 5.12. The summed E-state index contributed by atoms with van der Waals surface area (Å²) < 4.78 is 4.66. The molecule has 0 amide bonds. The zero-order chi connectivity index (χ0) is 12.2. The number of esters is 1. The summed E-state index contributed by atoms with van der Waals surface area (Å²) in [6.07, 6.45) is 0. The van der Waals surface area contributed by atoms with Crippen molar-refractivity contribution in [2.75, 3.05) is 7.11 Å². The van der Waals surface area contributed by atoms with Crippen molar-refractivity contribution in [3.8, 4) is 0 Å². The molecule has 0 fully saturated rings. The number of methoxy groups -OCH3 is 1. The first-order chi connectivity index (χ1) is 7.44. The van der Waals surface area contributed by atoms with Crippen LogP contribution in [0.25, 0.3) is 0 Å². The summed E-state index contributed by atoms with van der Waals surface area (Å²) in [5.74, 6) is -0.494. The molecule has 0 aliphatic carbocycles. The number of thiophene rings is 1. The Morgan fingerprint density at radius 1 is 1.44 bits per heavy atom. The van der Waals surface area contributed by atoms with Crippen LogP contribution in [0.2, 0.25) is 0 Å². The number of ether oxygens (including phenoxy) is 1. The molecular formula is C11H15NO3S. The van der Waals surface area contributed by atoms with Crippen molar-refractivity contribution in [1.82, 2.24) is 0 Å². The van der Waals surface area contributed by atoms with Gasteiger partial charge in [0.2, 0.25) is 5.71 Å². The van der Waals surface area contributed by atoms with E-state index in [1.54, 1.807) is 6.07 Å². The molecular weight excluding hydrogens is 226 g/mol. The average molecular weight is 241 g/mol. The van der Waals surface area contributed by atoms with Gasteiger partial charge >= 0.3 is 5.97 Å². The fourth-order valence-corrected chi connectivity index (χ4v) is 1.57. The molecule has 0 radical (unpaired) electrons. The van der Waals surface area contributed by atoms with Gasteiger partial charge in [0, 0.05) is 0 Å². The summed E-state index contributed by atoms with van der Waals surface area (Å²) in [4.78, 5) is 17.5. The highest BCUT2D eigenvalue weighted by molar-refractivity contribution is 7.13. The number of rotatable bonds is 3. The van der Waals surface area contributed by atoms with E-state index in [9.17, 15) is 4.79 Å². The second-order valence-electron chi connectivity index (χ2n) is 4.11. The molecule has 0 aromatic carbocycles. The Morgan fingerprint density at radius 3 is 2.56 bits per heavy atom. The van der Waals surface area contributed by atoms with Crippen molar-refractivity contribution in [1.29, 1.82) is 0 Å². The van der Waals surface area contributed by atoms with E-state index in [2.05, 4.69) is 9.89 Å². The molecule has 0 bridgehead atoms. The Hall–Kier alpha value is -1.36. The minimum Gasteiger partial charge on any atom is -0.464 e. The molecule has 0 aliphatic heterocycles. The molecule has 0 aliphatic rings. The van der Waals surface area contributed by atoms with Gasteiger partial charge < -0.3 is 9.57 Å². The van der Waals surface area contributed by atoms with Gasteiger partial charge in [-0.05, 0) is 32.2 Å². The molecule has 0 saturated carbocycles. The lowest BCUT2D eigenvalue weighted by atomic mass is 10.2. The minimum atomic E-state index is -0.494. The van der Waals surface area contributed by atoms with Crippen LogP contribution in [-0.4, -0.2) is 24.4 Å². The van der Waals surface area contributed by atoms with Gasteiger partial charge in [-0.1, -0.05) is 11.2 Å². The fourth-order valence-electron chi connectivity index (χ4n) is 0.875. The van der Waals surface area contributed by atoms with Crippen molar-refractivity contribution in [3.05, 3.63) is 22.4 Å². The van der Waals surface area contributed by atoms with Gasteiger partial charge in [0.25, 0.3) is 0 Å². The van der Waals surface area contributed by atoms with Gasteiger partial charge in [0.1, 0.15) is 5.60 Å². The number of hydrogen-bond donors (Lipinski definition) is 0. The predicted molar refractivity (Wildman–Crippen MR) is 63.7 cm³/mol. The molecule has 5 heteroatoms. The van der Waals surface area contributed by atoms with Gasteiger partial charge in [-0.15, -0.1) is 11.3 Å². The van der Waals surface area contributed by atoms with E-state index < -0.39 is 11.6 Å². The molecule has 1 aromatic rings. The first-order valence-electron chi connectivity index (χ1n) is 4.82. The monoisotopic (exact) mass is 241 g/mol. The molecule has 0 unspecified atom stereocenters. The van der Waals surface area contributed by atoms with Crippen molar-refractivity contribution in [3.63, 3.8) is 0 Å². The zero-order valence-corrected chi connectivity index (χ0v) is 10.6. The van der Waals surface area contributed by atoms with Crippen LogP contribution < -0.4 is 0 Å². The molecule has 0 atom stereocenters. The van der Waals surface area contributed by atoms with Crippen LogP contribution in [0.5, 0.6) is 0 Å². The van der Waals surface area contributed by atoms with Crippen LogP contribution in [0.4, 0.5) is 0 Å². The van der Waals surface area contributed by atoms with Crippen LogP contribution in [0, 0.1) is 0 Å². The maximum atomic E-state index is 11.5. The first-order valence-corrected chi connectivity index (χ1v) is 5.70. The Labute approximate surface area is 98.9 Å². The third-order valence-corrected chi connectivity index (χ3v) is 2.42. The highest BCUT2D eigenvalue weighted by Gasteiger charge is 2.19. The van der Waals surface area contributed by atoms with E-state index in [0.29, 0.717) is 0 Å². The van der Waals surface area contributed by atoms with Crippen molar-refractivity contribution in [2.24, 2.45) is 5.16 Å². The maximum absolute atomic E-state index is 11.5. The van der Waals surface area contributed by atoms with E-state index in [4.69, 9.17) is 4.84 Å². The van der Waals surface area contributed by atoms with E-state index in [0.717, 1.165) is 4.88 Å². The van der Waals surface area contributed by atoms with E-state index >= 15 is 0 Å². The van der Waals surface area contributed by atoms with Crippen molar-refractivity contribution < 1.29 is 14.4 Å². The van der Waals surface area contributed by atoms with Crippen LogP contribution >= 0.6 is 11.3 Å². The zero-order valence-electron chi connectivity index (χ0n) is 9.81. The summed E-state index contributed by atoms with van der Waals surface area (Å²) in [6, 6.07) is 3.64. The lowest BCUT2D eigenvalue weighted by Gasteiger charge is -2.16. The number of nitrogens with zero attached hydrogens (tertiary/aromatic N) is 1. The van der Waals surface area contributed by atoms with Gasteiger partial charge in [-0.2, -0.15) is 0 Å². The topological polar surface area (TPSA) is 47.9 Å². The summed E-state index contributed by atoms with van der Waals surface area (Å²) >= 11 is 1.41. The molecule has 1 rings (SSSR count). The summed E-state index contributed by atoms with van der Waals surface area (Å²) in [6.45, 7) is 5.58. The molecule has 16 heavy (non-hydrogen) atoms. The summed E-state index contributed by atoms with van der Waals surface area (Å²) in [5, 5.41) is 5.73. The molecule has 1 heterocycles. The predicted octanol–water partition coefficient (Wildman–Crippen LogP) is 2.44. The highest BCUT2D eigenvalue weighted by Crippen LogP contribution is 2.14. The third kappa shape index (κ3) is 3.66. The lowest BCUT2D eigenvalue weighted by molar-refractivity contribution is -0.133. The molecule has 88 valence electrons. The molecule has 4 nitrogen and oxygen atoms in total. The van der Waals surface area contributed by atoms with Gasteiger partial charge in [0.15, 0.2) is 0 Å². The molecule has 0 saturated heterocycles. The quantitative estimate of drug-likeness (QED) is 0.464. The minimum absolute atomic E-state index is 0.201. The SMILES string of the molecule is COC(=O)/C(=N\OC(C)(C)C)c1cccs1. The molecule has 0 N–H and O–H groups in total. The first kappa shape index (κ1) is 12.7. The number of carbonyl (C=O) groups excluding carboxylic acids is 1. The van der Waals surface area contributed by atoms with Crippen molar-refractivity contribution in [2.45, 2.75) is 26.4 Å².